The number of esters is 1. The quantitative estimate of drug-likeness (QED) is 0.0761. The lowest BCUT2D eigenvalue weighted by molar-refractivity contribution is -0.143. The third-order valence-corrected chi connectivity index (χ3v) is 12.8. The molecule has 2 bridgehead atoms. The maximum Gasteiger partial charge on any atom is 0.308 e. The highest BCUT2D eigenvalue weighted by Crippen LogP contribution is 2.66. The van der Waals surface area contributed by atoms with Gasteiger partial charge in [-0.3, -0.25) is 19.3 Å². The highest BCUT2D eigenvalue weighted by molar-refractivity contribution is 5.96. The number of carbonyl (C=O) groups is 3. The highest BCUT2D eigenvalue weighted by atomic mass is 16.6. The Morgan fingerprint density at radius 1 is 0.942 bits per heavy atom. The van der Waals surface area contributed by atoms with Crippen LogP contribution in [-0.2, 0) is 27.8 Å². The lowest BCUT2D eigenvalue weighted by Crippen LogP contribution is -2.69. The number of benzene rings is 3. The molecule has 8 heteroatoms. The van der Waals surface area contributed by atoms with Crippen molar-refractivity contribution in [3.8, 4) is 17.2 Å². The monoisotopic (exact) mass is 704 g/mol. The fourth-order valence-corrected chi connectivity index (χ4v) is 10.3. The van der Waals surface area contributed by atoms with Crippen LogP contribution in [0.5, 0.6) is 17.2 Å². The number of hydrogen-bond donors (Lipinski definition) is 1. The van der Waals surface area contributed by atoms with Gasteiger partial charge in [0, 0.05) is 67.1 Å². The molecule has 8 rings (SSSR count). The first-order valence-corrected chi connectivity index (χ1v) is 19.7. The smallest absolute Gasteiger partial charge is 0.308 e. The van der Waals surface area contributed by atoms with Crippen molar-refractivity contribution in [2.24, 2.45) is 11.8 Å². The molecule has 2 aliphatic heterocycles. The fourth-order valence-electron chi connectivity index (χ4n) is 10.3. The van der Waals surface area contributed by atoms with Crippen LogP contribution in [0, 0.1) is 11.8 Å². The van der Waals surface area contributed by atoms with Crippen LogP contribution in [0.2, 0.25) is 0 Å². The minimum absolute atomic E-state index is 0.114. The van der Waals surface area contributed by atoms with Crippen molar-refractivity contribution in [1.29, 1.82) is 0 Å². The Bertz CT molecular complexity index is 1790. The van der Waals surface area contributed by atoms with Crippen LogP contribution < -0.4 is 9.47 Å². The van der Waals surface area contributed by atoms with E-state index in [1.165, 1.54) is 25.3 Å². The van der Waals surface area contributed by atoms with E-state index in [4.69, 9.17) is 9.47 Å². The first-order valence-electron chi connectivity index (χ1n) is 19.7. The number of Topliss-reactive ketones (excluding diaryl/α,β-unsaturated/α-hetero) is 1. The lowest BCUT2D eigenvalue weighted by Gasteiger charge is -2.60. The zero-order chi connectivity index (χ0) is 35.8. The van der Waals surface area contributed by atoms with Crippen LogP contribution in [0.3, 0.4) is 0 Å². The van der Waals surface area contributed by atoms with Crippen molar-refractivity contribution in [2.75, 3.05) is 19.6 Å². The molecule has 1 N–H and O–H groups in total. The molecule has 5 atom stereocenters. The zero-order valence-electron chi connectivity index (χ0n) is 30.4. The number of likely N-dealkylation sites (tertiary alicyclic amines) is 1. The van der Waals surface area contributed by atoms with Crippen molar-refractivity contribution in [2.45, 2.75) is 114 Å². The summed E-state index contributed by atoms with van der Waals surface area (Å²) >= 11 is 0. The molecule has 3 aromatic rings. The van der Waals surface area contributed by atoms with E-state index < -0.39 is 5.97 Å². The van der Waals surface area contributed by atoms with E-state index in [0.717, 1.165) is 80.6 Å². The molecule has 5 aliphatic rings. The molecule has 1 saturated heterocycles. The molecule has 2 saturated carbocycles. The third-order valence-electron chi connectivity index (χ3n) is 12.8. The molecule has 0 aromatic heterocycles. The standard InChI is InChI=1S/C44H52N2O6/c1-29(47)51-39-27-38(49)33-26-36-34-21-22-35(43-44(34,41(33)42(39)52-43)23-25-45(36)28-31-19-20-31)46(24-11-10-14-30-12-4-2-5-13-30)40(50)18-9-8-17-37(48)32-15-6-3-7-16-32/h2-7,12-13,15-16,27,31,34-36,43,49H,8-11,14,17-26,28H2,1H3/t34-,35-,36+,43-,44-/m0/s1. The number of rotatable bonds is 15. The van der Waals surface area contributed by atoms with Gasteiger partial charge >= 0.3 is 5.97 Å². The normalized spacial score (nSPS) is 25.6. The Balaban J connectivity index is 1.07. The molecule has 3 aliphatic carbocycles. The van der Waals surface area contributed by atoms with E-state index in [2.05, 4.69) is 34.1 Å². The summed E-state index contributed by atoms with van der Waals surface area (Å²) in [6.45, 7) is 4.09. The number of phenolic OH excluding ortho intramolecular Hbond substituents is 1. The van der Waals surface area contributed by atoms with Crippen LogP contribution in [0.15, 0.2) is 66.7 Å². The van der Waals surface area contributed by atoms with Crippen LogP contribution in [0.1, 0.15) is 105 Å². The van der Waals surface area contributed by atoms with Gasteiger partial charge in [-0.25, -0.2) is 0 Å². The number of phenols is 1. The van der Waals surface area contributed by atoms with Gasteiger partial charge in [-0.15, -0.1) is 0 Å². The van der Waals surface area contributed by atoms with Crippen LogP contribution in [0.25, 0.3) is 0 Å². The summed E-state index contributed by atoms with van der Waals surface area (Å²) in [6, 6.07) is 21.6. The van der Waals surface area contributed by atoms with Crippen molar-refractivity contribution < 1.29 is 29.0 Å². The van der Waals surface area contributed by atoms with Crippen LogP contribution >= 0.6 is 0 Å². The summed E-state index contributed by atoms with van der Waals surface area (Å²) < 4.78 is 12.8. The van der Waals surface area contributed by atoms with Crippen LogP contribution in [-0.4, -0.2) is 70.4 Å². The Hall–Kier alpha value is -4.17. The Kier molecular flexibility index (Phi) is 9.86. The summed E-state index contributed by atoms with van der Waals surface area (Å²) in [5.41, 5.74) is 3.61. The van der Waals surface area contributed by atoms with Gasteiger partial charge < -0.3 is 19.5 Å². The molecule has 3 aromatic carbocycles. The number of ether oxygens (including phenoxy) is 2. The van der Waals surface area contributed by atoms with Gasteiger partial charge in [-0.05, 0) is 94.6 Å². The number of hydrogen-bond acceptors (Lipinski definition) is 7. The molecule has 274 valence electrons. The molecule has 1 spiro atoms. The van der Waals surface area contributed by atoms with Crippen LogP contribution in [0.4, 0.5) is 0 Å². The van der Waals surface area contributed by atoms with E-state index >= 15 is 0 Å². The molecule has 0 unspecified atom stereocenters. The summed E-state index contributed by atoms with van der Waals surface area (Å²) in [5, 5.41) is 11.5. The molecule has 2 heterocycles. The molecule has 8 nitrogen and oxygen atoms in total. The van der Waals surface area contributed by atoms with E-state index in [-0.39, 0.29) is 40.8 Å². The summed E-state index contributed by atoms with van der Waals surface area (Å²) in [6.07, 6.45) is 10.7. The first kappa shape index (κ1) is 34.9. The second-order valence-electron chi connectivity index (χ2n) is 16.0. The number of aryl methyl sites for hydroxylation is 1. The molecule has 52 heavy (non-hydrogen) atoms. The predicted octanol–water partition coefficient (Wildman–Crippen LogP) is 7.43. The van der Waals surface area contributed by atoms with Gasteiger partial charge in [-0.2, -0.15) is 0 Å². The third kappa shape index (κ3) is 6.63. The second kappa shape index (κ2) is 14.7. The van der Waals surface area contributed by atoms with E-state index in [1.54, 1.807) is 6.07 Å². The molecule has 0 radical (unpaired) electrons. The Labute approximate surface area is 307 Å². The summed E-state index contributed by atoms with van der Waals surface area (Å²) in [4.78, 5) is 44.3. The predicted molar refractivity (Wildman–Crippen MR) is 199 cm³/mol. The van der Waals surface area contributed by atoms with Gasteiger partial charge in [-0.1, -0.05) is 60.7 Å². The van der Waals surface area contributed by atoms with Gasteiger partial charge in [0.1, 0.15) is 11.9 Å². The topological polar surface area (TPSA) is 96.4 Å². The summed E-state index contributed by atoms with van der Waals surface area (Å²) in [7, 11) is 0. The van der Waals surface area contributed by atoms with Crippen molar-refractivity contribution >= 4 is 17.7 Å². The van der Waals surface area contributed by atoms with E-state index in [9.17, 15) is 19.5 Å². The number of unbranched alkanes of at least 4 members (excludes halogenated alkanes) is 2. The Morgan fingerprint density at radius 3 is 2.44 bits per heavy atom. The fraction of sp³-hybridized carbons (Fsp3) is 0.523. The number of amides is 1. The first-order chi connectivity index (χ1) is 25.3. The minimum Gasteiger partial charge on any atom is -0.508 e. The number of nitrogens with zero attached hydrogens (tertiary/aromatic N) is 2. The minimum atomic E-state index is -0.450. The van der Waals surface area contributed by atoms with Gasteiger partial charge in [0.25, 0.3) is 0 Å². The highest BCUT2D eigenvalue weighted by Gasteiger charge is 2.67. The molecule has 3 fully saturated rings. The van der Waals surface area contributed by atoms with Gasteiger partial charge in [0.15, 0.2) is 17.3 Å². The second-order valence-corrected chi connectivity index (χ2v) is 16.0. The summed E-state index contributed by atoms with van der Waals surface area (Å²) in [5.74, 6) is 1.94. The largest absolute Gasteiger partial charge is 0.508 e. The average Bonchev–Trinajstić information content (AvgIpc) is 3.90. The number of aromatic hydroxyl groups is 1. The van der Waals surface area contributed by atoms with Gasteiger partial charge in [0.2, 0.25) is 5.91 Å². The molecular weight excluding hydrogens is 652 g/mol. The average molecular weight is 705 g/mol. The van der Waals surface area contributed by atoms with E-state index in [1.807, 2.05) is 36.4 Å². The molecular formula is C44H52N2O6. The maximum absolute atomic E-state index is 14.4. The van der Waals surface area contributed by atoms with Crippen molar-refractivity contribution in [1.82, 2.24) is 9.80 Å². The van der Waals surface area contributed by atoms with Crippen molar-refractivity contribution in [3.05, 3.63) is 89.0 Å². The number of carbonyl (C=O) groups excluding carboxylic acids is 3. The van der Waals surface area contributed by atoms with Crippen molar-refractivity contribution in [3.63, 3.8) is 0 Å². The lowest BCUT2D eigenvalue weighted by atomic mass is 9.50. The zero-order valence-corrected chi connectivity index (χ0v) is 30.4. The SMILES string of the molecule is CC(=O)Oc1cc(O)c2c3c1O[C@H]1[C@@H](N(CCCCc4ccccc4)C(=O)CCCCC(=O)c4ccccc4)CC[C@H]4[C@@H](C2)N(CC2CC2)CC[C@@]341. The maximum atomic E-state index is 14.4. The number of ketones is 1. The molecule has 1 amide bonds. The van der Waals surface area contributed by atoms with E-state index in [0.29, 0.717) is 49.9 Å². The number of piperidine rings is 1. The van der Waals surface area contributed by atoms with Gasteiger partial charge in [0.05, 0.1) is 6.04 Å². The Morgan fingerprint density at radius 2 is 1.69 bits per heavy atom.